The van der Waals surface area contributed by atoms with Crippen molar-refractivity contribution >= 4 is 11.8 Å². The summed E-state index contributed by atoms with van der Waals surface area (Å²) >= 11 is 0. The molecule has 0 radical (unpaired) electrons. The van der Waals surface area contributed by atoms with Gasteiger partial charge in [0.1, 0.15) is 12.1 Å². The van der Waals surface area contributed by atoms with Crippen LogP contribution < -0.4 is 10.1 Å². The lowest BCUT2D eigenvalue weighted by molar-refractivity contribution is -0.146. The molecule has 0 saturated carbocycles. The Morgan fingerprint density at radius 2 is 2.17 bits per heavy atom. The fourth-order valence-electron chi connectivity index (χ4n) is 1.27. The van der Waals surface area contributed by atoms with Crippen LogP contribution in [0.3, 0.4) is 0 Å². The van der Waals surface area contributed by atoms with E-state index in [1.54, 1.807) is 13.8 Å². The van der Waals surface area contributed by atoms with E-state index in [9.17, 15) is 4.79 Å². The Labute approximate surface area is 106 Å². The largest absolute Gasteiger partial charge is 0.481 e. The van der Waals surface area contributed by atoms with Crippen LogP contribution in [0.2, 0.25) is 0 Å². The molecule has 0 saturated heterocycles. The van der Waals surface area contributed by atoms with Gasteiger partial charge >= 0.3 is 5.97 Å². The molecule has 1 rings (SSSR count). The lowest BCUT2D eigenvalue weighted by Crippen LogP contribution is -2.32. The second kappa shape index (κ2) is 5.66. The molecule has 1 aromatic rings. The normalized spacial score (nSPS) is 11.1. The highest BCUT2D eigenvalue weighted by Crippen LogP contribution is 2.22. The molecule has 0 atom stereocenters. The van der Waals surface area contributed by atoms with Gasteiger partial charge in [0.25, 0.3) is 0 Å². The number of carbonyl (C=O) groups is 1. The summed E-state index contributed by atoms with van der Waals surface area (Å²) in [6, 6.07) is 0. The zero-order chi connectivity index (χ0) is 13.8. The van der Waals surface area contributed by atoms with E-state index >= 15 is 0 Å². The van der Waals surface area contributed by atoms with Gasteiger partial charge in [0.2, 0.25) is 5.88 Å². The second-order valence-corrected chi connectivity index (χ2v) is 4.63. The van der Waals surface area contributed by atoms with Gasteiger partial charge < -0.3 is 15.2 Å². The second-order valence-electron chi connectivity index (χ2n) is 4.63. The molecule has 0 fully saturated rings. The van der Waals surface area contributed by atoms with Gasteiger partial charge in [-0.05, 0) is 27.7 Å². The first-order valence-corrected chi connectivity index (χ1v) is 5.80. The van der Waals surface area contributed by atoms with E-state index in [0.29, 0.717) is 18.3 Å². The van der Waals surface area contributed by atoms with Crippen LogP contribution in [0.4, 0.5) is 5.82 Å². The van der Waals surface area contributed by atoms with Crippen molar-refractivity contribution in [1.82, 2.24) is 9.97 Å². The monoisotopic (exact) mass is 253 g/mol. The molecular formula is C12H19N3O3. The SMILES string of the molecule is CCOc1ncnc(NCC(C)(C)C(=O)O)c1C. The minimum Gasteiger partial charge on any atom is -0.481 e. The number of nitrogens with one attached hydrogen (secondary N) is 1. The van der Waals surface area contributed by atoms with Crippen LogP contribution in [0, 0.1) is 12.3 Å². The Balaban J connectivity index is 2.80. The molecular weight excluding hydrogens is 234 g/mol. The fourth-order valence-corrected chi connectivity index (χ4v) is 1.27. The number of rotatable bonds is 6. The summed E-state index contributed by atoms with van der Waals surface area (Å²) in [6.07, 6.45) is 1.40. The summed E-state index contributed by atoms with van der Waals surface area (Å²) in [4.78, 5) is 19.1. The lowest BCUT2D eigenvalue weighted by atomic mass is 9.94. The van der Waals surface area contributed by atoms with Gasteiger partial charge in [-0.2, -0.15) is 0 Å². The smallest absolute Gasteiger partial charge is 0.310 e. The highest BCUT2D eigenvalue weighted by molar-refractivity contribution is 5.74. The summed E-state index contributed by atoms with van der Waals surface area (Å²) in [7, 11) is 0. The number of nitrogens with zero attached hydrogens (tertiary/aromatic N) is 2. The summed E-state index contributed by atoms with van der Waals surface area (Å²) in [5.74, 6) is 0.262. The van der Waals surface area contributed by atoms with E-state index in [2.05, 4.69) is 15.3 Å². The van der Waals surface area contributed by atoms with E-state index in [4.69, 9.17) is 9.84 Å². The first-order chi connectivity index (χ1) is 8.38. The molecule has 0 aliphatic rings. The first-order valence-electron chi connectivity index (χ1n) is 5.80. The molecule has 0 bridgehead atoms. The minimum atomic E-state index is -0.858. The van der Waals surface area contributed by atoms with Gasteiger partial charge in [0, 0.05) is 6.54 Å². The van der Waals surface area contributed by atoms with Gasteiger partial charge in [-0.15, -0.1) is 0 Å². The number of aromatic nitrogens is 2. The van der Waals surface area contributed by atoms with Crippen LogP contribution >= 0.6 is 0 Å². The molecule has 6 heteroatoms. The Bertz CT molecular complexity index is 433. The summed E-state index contributed by atoms with van der Waals surface area (Å²) in [5.41, 5.74) is -0.0797. The van der Waals surface area contributed by atoms with Gasteiger partial charge in [0.15, 0.2) is 0 Å². The summed E-state index contributed by atoms with van der Waals surface area (Å²) in [5, 5.41) is 12.1. The van der Waals surface area contributed by atoms with Crippen molar-refractivity contribution in [2.24, 2.45) is 5.41 Å². The molecule has 0 unspecified atom stereocenters. The Morgan fingerprint density at radius 1 is 1.50 bits per heavy atom. The zero-order valence-corrected chi connectivity index (χ0v) is 11.1. The molecule has 100 valence electrons. The van der Waals surface area contributed by atoms with E-state index in [1.165, 1.54) is 6.33 Å². The van der Waals surface area contributed by atoms with Gasteiger partial charge in [-0.1, -0.05) is 0 Å². The van der Waals surface area contributed by atoms with Crippen LogP contribution in [0.1, 0.15) is 26.3 Å². The van der Waals surface area contributed by atoms with E-state index in [-0.39, 0.29) is 6.54 Å². The third-order valence-electron chi connectivity index (χ3n) is 2.60. The predicted molar refractivity (Wildman–Crippen MR) is 67.8 cm³/mol. The maximum atomic E-state index is 11.0. The van der Waals surface area contributed by atoms with E-state index in [0.717, 1.165) is 5.56 Å². The lowest BCUT2D eigenvalue weighted by Gasteiger charge is -2.20. The van der Waals surface area contributed by atoms with Gasteiger partial charge in [0.05, 0.1) is 17.6 Å². The minimum absolute atomic E-state index is 0.283. The average Bonchev–Trinajstić information content (AvgIpc) is 2.30. The van der Waals surface area contributed by atoms with E-state index < -0.39 is 11.4 Å². The molecule has 0 spiro atoms. The van der Waals surface area contributed by atoms with Crippen molar-refractivity contribution in [1.29, 1.82) is 0 Å². The number of aliphatic carboxylic acids is 1. The van der Waals surface area contributed by atoms with E-state index in [1.807, 2.05) is 13.8 Å². The van der Waals surface area contributed by atoms with Crippen molar-refractivity contribution in [3.63, 3.8) is 0 Å². The van der Waals surface area contributed by atoms with Crippen LogP contribution in [0.25, 0.3) is 0 Å². The quantitative estimate of drug-likeness (QED) is 0.802. The van der Waals surface area contributed by atoms with Crippen molar-refractivity contribution in [2.75, 3.05) is 18.5 Å². The number of carboxylic acids is 1. The maximum Gasteiger partial charge on any atom is 0.310 e. The summed E-state index contributed by atoms with van der Waals surface area (Å²) in [6.45, 7) is 7.83. The van der Waals surface area contributed by atoms with Crippen LogP contribution in [0.5, 0.6) is 5.88 Å². The predicted octanol–water partition coefficient (Wildman–Crippen LogP) is 1.71. The highest BCUT2D eigenvalue weighted by atomic mass is 16.5. The Kier molecular flexibility index (Phi) is 4.47. The molecule has 0 aliphatic carbocycles. The topological polar surface area (TPSA) is 84.3 Å². The van der Waals surface area contributed by atoms with Crippen molar-refractivity contribution in [2.45, 2.75) is 27.7 Å². The Morgan fingerprint density at radius 3 is 2.72 bits per heavy atom. The number of hydrogen-bond acceptors (Lipinski definition) is 5. The Hall–Kier alpha value is -1.85. The number of anilines is 1. The summed E-state index contributed by atoms with van der Waals surface area (Å²) < 4.78 is 5.35. The van der Waals surface area contributed by atoms with Crippen LogP contribution in [-0.4, -0.2) is 34.2 Å². The fraction of sp³-hybridized carbons (Fsp3) is 0.583. The number of carboxylic acid groups (broad SMARTS) is 1. The van der Waals surface area contributed by atoms with Gasteiger partial charge in [-0.3, -0.25) is 4.79 Å². The van der Waals surface area contributed by atoms with Crippen LogP contribution in [-0.2, 0) is 4.79 Å². The molecule has 18 heavy (non-hydrogen) atoms. The zero-order valence-electron chi connectivity index (χ0n) is 11.1. The third-order valence-corrected chi connectivity index (χ3v) is 2.60. The van der Waals surface area contributed by atoms with Crippen molar-refractivity contribution in [3.05, 3.63) is 11.9 Å². The molecule has 2 N–H and O–H groups in total. The molecule has 1 heterocycles. The van der Waals surface area contributed by atoms with Crippen molar-refractivity contribution in [3.8, 4) is 5.88 Å². The molecule has 1 aromatic heterocycles. The average molecular weight is 253 g/mol. The number of ether oxygens (including phenoxy) is 1. The van der Waals surface area contributed by atoms with Crippen molar-refractivity contribution < 1.29 is 14.6 Å². The molecule has 0 aromatic carbocycles. The maximum absolute atomic E-state index is 11.0. The third kappa shape index (κ3) is 3.32. The van der Waals surface area contributed by atoms with Gasteiger partial charge in [-0.25, -0.2) is 9.97 Å². The molecule has 0 amide bonds. The first kappa shape index (κ1) is 14.2. The standard InChI is InChI=1S/C12H19N3O3/c1-5-18-10-8(2)9(14-7-15-10)13-6-12(3,4)11(16)17/h7H,5-6H2,1-4H3,(H,16,17)(H,13,14,15). The molecule has 6 nitrogen and oxygen atoms in total. The highest BCUT2D eigenvalue weighted by Gasteiger charge is 2.27. The number of hydrogen-bond donors (Lipinski definition) is 2. The molecule has 0 aliphatic heterocycles. The van der Waals surface area contributed by atoms with Crippen LogP contribution in [0.15, 0.2) is 6.33 Å².